The number of hydrogen-bond donors (Lipinski definition) is 3. The topological polar surface area (TPSA) is 135 Å². The van der Waals surface area contributed by atoms with Gasteiger partial charge in [0.2, 0.25) is 10.0 Å². The van der Waals surface area contributed by atoms with E-state index in [-0.39, 0.29) is 10.8 Å². The lowest BCUT2D eigenvalue weighted by atomic mass is 10.1. The van der Waals surface area contributed by atoms with Gasteiger partial charge in [-0.25, -0.2) is 18.5 Å². The van der Waals surface area contributed by atoms with E-state index in [1.165, 1.54) is 36.9 Å². The number of fused-ring (bicyclic) bond motifs is 1. The zero-order chi connectivity index (χ0) is 19.0. The SMILES string of the molecule is NS(=O)(=O)c1ccc(N=Cc2c(O)[nH]c3ccc(-c4cnco4)cc23)cc1. The second-order valence-corrected chi connectivity index (χ2v) is 7.37. The molecule has 0 spiro atoms. The maximum atomic E-state index is 11.3. The van der Waals surface area contributed by atoms with Gasteiger partial charge in [-0.05, 0) is 42.5 Å². The summed E-state index contributed by atoms with van der Waals surface area (Å²) in [5.41, 5.74) is 2.57. The number of nitrogens with zero attached hydrogens (tertiary/aromatic N) is 2. The summed E-state index contributed by atoms with van der Waals surface area (Å²) in [5, 5.41) is 16.0. The molecule has 0 amide bonds. The van der Waals surface area contributed by atoms with Crippen LogP contribution in [-0.4, -0.2) is 29.7 Å². The van der Waals surface area contributed by atoms with Crippen molar-refractivity contribution in [2.75, 3.05) is 0 Å². The largest absolute Gasteiger partial charge is 0.494 e. The summed E-state index contributed by atoms with van der Waals surface area (Å²) in [5.74, 6) is 0.587. The molecule has 136 valence electrons. The fourth-order valence-corrected chi connectivity index (χ4v) is 3.22. The lowest BCUT2D eigenvalue weighted by Gasteiger charge is -1.99. The highest BCUT2D eigenvalue weighted by molar-refractivity contribution is 7.89. The van der Waals surface area contributed by atoms with E-state index in [4.69, 9.17) is 9.56 Å². The normalized spacial score (nSPS) is 12.2. The number of aromatic hydroxyl groups is 1. The standard InChI is InChI=1S/C18H14N4O4S/c19-27(24,25)13-4-2-12(3-5-13)21-8-15-14-7-11(17-9-20-10-26-17)1-6-16(14)22-18(15)23/h1-10,22-23H,(H2,19,24,25). The number of benzene rings is 2. The summed E-state index contributed by atoms with van der Waals surface area (Å²) >= 11 is 0. The van der Waals surface area contributed by atoms with Crippen LogP contribution in [0.4, 0.5) is 5.69 Å². The van der Waals surface area contributed by atoms with Gasteiger partial charge in [-0.1, -0.05) is 0 Å². The molecule has 0 aliphatic rings. The first-order valence-corrected chi connectivity index (χ1v) is 9.37. The molecule has 0 bridgehead atoms. The average Bonchev–Trinajstić information content (AvgIpc) is 3.26. The first-order chi connectivity index (χ1) is 12.9. The van der Waals surface area contributed by atoms with Crippen LogP contribution in [0.5, 0.6) is 5.88 Å². The van der Waals surface area contributed by atoms with Gasteiger partial charge in [0.05, 0.1) is 22.3 Å². The predicted octanol–water partition coefficient (Wildman–Crippen LogP) is 2.93. The first-order valence-electron chi connectivity index (χ1n) is 7.82. The molecular formula is C18H14N4O4S. The molecule has 0 fully saturated rings. The van der Waals surface area contributed by atoms with Gasteiger partial charge in [0, 0.05) is 22.7 Å². The minimum Gasteiger partial charge on any atom is -0.494 e. The first kappa shape index (κ1) is 17.0. The number of sulfonamides is 1. The fraction of sp³-hybridized carbons (Fsp3) is 0. The molecule has 0 unspecified atom stereocenters. The van der Waals surface area contributed by atoms with Crippen molar-refractivity contribution in [3.63, 3.8) is 0 Å². The number of primary sulfonamides is 1. The maximum absolute atomic E-state index is 11.3. The summed E-state index contributed by atoms with van der Waals surface area (Å²) in [6.07, 6.45) is 4.46. The number of aliphatic imine (C=N–C) groups is 1. The second kappa shape index (κ2) is 6.38. The van der Waals surface area contributed by atoms with Crippen LogP contribution in [-0.2, 0) is 10.0 Å². The van der Waals surface area contributed by atoms with Gasteiger partial charge in [-0.15, -0.1) is 0 Å². The Morgan fingerprint density at radius 1 is 1.19 bits per heavy atom. The molecule has 0 aliphatic carbocycles. The van der Waals surface area contributed by atoms with Crippen molar-refractivity contribution in [2.45, 2.75) is 4.90 Å². The number of aromatic nitrogens is 2. The molecule has 4 N–H and O–H groups in total. The highest BCUT2D eigenvalue weighted by Gasteiger charge is 2.12. The smallest absolute Gasteiger partial charge is 0.238 e. The van der Waals surface area contributed by atoms with Gasteiger partial charge >= 0.3 is 0 Å². The molecule has 0 atom stereocenters. The van der Waals surface area contributed by atoms with Crippen LogP contribution in [0.15, 0.2) is 69.4 Å². The Balaban J connectivity index is 1.71. The molecule has 9 heteroatoms. The van der Waals surface area contributed by atoms with Crippen molar-refractivity contribution in [3.8, 4) is 17.2 Å². The third kappa shape index (κ3) is 3.33. The highest BCUT2D eigenvalue weighted by Crippen LogP contribution is 2.30. The molecule has 27 heavy (non-hydrogen) atoms. The van der Waals surface area contributed by atoms with Crippen molar-refractivity contribution >= 4 is 32.8 Å². The Labute approximate surface area is 154 Å². The molecular weight excluding hydrogens is 368 g/mol. The van der Waals surface area contributed by atoms with Gasteiger partial charge in [0.15, 0.2) is 18.0 Å². The van der Waals surface area contributed by atoms with Crippen molar-refractivity contribution in [1.82, 2.24) is 9.97 Å². The van der Waals surface area contributed by atoms with Gasteiger partial charge in [-0.2, -0.15) is 0 Å². The summed E-state index contributed by atoms with van der Waals surface area (Å²) < 4.78 is 27.9. The van der Waals surface area contributed by atoms with Crippen molar-refractivity contribution < 1.29 is 17.9 Å². The number of oxazole rings is 1. The van der Waals surface area contributed by atoms with Crippen LogP contribution in [0.25, 0.3) is 22.2 Å². The molecule has 4 rings (SSSR count). The van der Waals surface area contributed by atoms with Crippen LogP contribution in [0.1, 0.15) is 5.56 Å². The Morgan fingerprint density at radius 2 is 1.96 bits per heavy atom. The molecule has 8 nitrogen and oxygen atoms in total. The third-order valence-electron chi connectivity index (χ3n) is 4.04. The highest BCUT2D eigenvalue weighted by atomic mass is 32.2. The summed E-state index contributed by atoms with van der Waals surface area (Å²) in [4.78, 5) is 11.1. The van der Waals surface area contributed by atoms with E-state index in [2.05, 4.69) is 15.0 Å². The van der Waals surface area contributed by atoms with Gasteiger partial charge in [0.1, 0.15) is 0 Å². The van der Waals surface area contributed by atoms with Crippen LogP contribution in [0.3, 0.4) is 0 Å². The van der Waals surface area contributed by atoms with Crippen molar-refractivity contribution in [3.05, 3.63) is 60.6 Å². The van der Waals surface area contributed by atoms with Crippen LogP contribution in [0.2, 0.25) is 0 Å². The third-order valence-corrected chi connectivity index (χ3v) is 4.97. The zero-order valence-corrected chi connectivity index (χ0v) is 14.6. The Hall–Kier alpha value is -3.43. The number of H-pyrrole nitrogens is 1. The lowest BCUT2D eigenvalue weighted by molar-refractivity contribution is 0.457. The molecule has 2 heterocycles. The Morgan fingerprint density at radius 3 is 2.63 bits per heavy atom. The monoisotopic (exact) mass is 382 g/mol. The number of hydrogen-bond acceptors (Lipinski definition) is 6. The summed E-state index contributed by atoms with van der Waals surface area (Å²) in [6.45, 7) is 0. The van der Waals surface area contributed by atoms with E-state index in [0.29, 0.717) is 17.0 Å². The van der Waals surface area contributed by atoms with Crippen molar-refractivity contribution in [2.24, 2.45) is 10.1 Å². The van der Waals surface area contributed by atoms with Gasteiger partial charge in [-0.3, -0.25) is 4.99 Å². The molecule has 0 aliphatic heterocycles. The van der Waals surface area contributed by atoms with Crippen LogP contribution in [0, 0.1) is 0 Å². The molecule has 0 saturated carbocycles. The molecule has 4 aromatic rings. The lowest BCUT2D eigenvalue weighted by Crippen LogP contribution is -2.11. The van der Waals surface area contributed by atoms with Crippen LogP contribution < -0.4 is 5.14 Å². The maximum Gasteiger partial charge on any atom is 0.238 e. The van der Waals surface area contributed by atoms with E-state index in [1.54, 1.807) is 6.20 Å². The summed E-state index contributed by atoms with van der Waals surface area (Å²) in [7, 11) is -3.75. The fourth-order valence-electron chi connectivity index (χ4n) is 2.70. The predicted molar refractivity (Wildman–Crippen MR) is 101 cm³/mol. The van der Waals surface area contributed by atoms with E-state index < -0.39 is 10.0 Å². The number of rotatable bonds is 4. The number of aromatic amines is 1. The zero-order valence-electron chi connectivity index (χ0n) is 13.8. The Kier molecular flexibility index (Phi) is 4.02. The molecule has 0 radical (unpaired) electrons. The quantitative estimate of drug-likeness (QED) is 0.466. The number of nitrogens with two attached hydrogens (primary N) is 1. The number of nitrogens with one attached hydrogen (secondary N) is 1. The average molecular weight is 382 g/mol. The summed E-state index contributed by atoms with van der Waals surface area (Å²) in [6, 6.07) is 11.3. The van der Waals surface area contributed by atoms with E-state index in [9.17, 15) is 13.5 Å². The molecule has 2 aromatic carbocycles. The van der Waals surface area contributed by atoms with Crippen molar-refractivity contribution in [1.29, 1.82) is 0 Å². The minimum absolute atomic E-state index is 0.00749. The van der Waals surface area contributed by atoms with E-state index in [1.807, 2.05) is 18.2 Å². The van der Waals surface area contributed by atoms with Crippen LogP contribution >= 0.6 is 0 Å². The molecule has 0 saturated heterocycles. The van der Waals surface area contributed by atoms with E-state index >= 15 is 0 Å². The Bertz CT molecular complexity index is 1240. The van der Waals surface area contributed by atoms with Gasteiger partial charge in [0.25, 0.3) is 0 Å². The molecule has 2 aromatic heterocycles. The van der Waals surface area contributed by atoms with E-state index in [0.717, 1.165) is 16.5 Å². The second-order valence-electron chi connectivity index (χ2n) is 5.81. The minimum atomic E-state index is -3.75. The van der Waals surface area contributed by atoms with Gasteiger partial charge < -0.3 is 14.5 Å².